The van der Waals surface area contributed by atoms with Crippen LogP contribution in [0.3, 0.4) is 0 Å². The summed E-state index contributed by atoms with van der Waals surface area (Å²) in [5.41, 5.74) is 0. The molecule has 6 heteroatoms. The standard InChI is InChI=1S/C4H8O.C2H6O4S/c1-2-4-5-3-1;3-1-2-6-7(4)5/h1-4H2;3H,1-2H2,(H,4,5). The number of rotatable bonds is 3. The highest BCUT2D eigenvalue weighted by molar-refractivity contribution is 7.74. The molecule has 1 fully saturated rings. The highest BCUT2D eigenvalue weighted by atomic mass is 32.2. The Morgan fingerprint density at radius 1 is 1.42 bits per heavy atom. The van der Waals surface area contributed by atoms with Crippen molar-refractivity contribution in [3.05, 3.63) is 0 Å². The fourth-order valence-electron chi connectivity index (χ4n) is 0.619. The van der Waals surface area contributed by atoms with Crippen LogP contribution in [0.2, 0.25) is 0 Å². The average molecular weight is 198 g/mol. The van der Waals surface area contributed by atoms with E-state index in [1.807, 2.05) is 0 Å². The molecule has 2 N–H and O–H groups in total. The molecule has 0 aliphatic carbocycles. The molecule has 1 aliphatic rings. The van der Waals surface area contributed by atoms with Gasteiger partial charge in [-0.2, -0.15) is 4.21 Å². The smallest absolute Gasteiger partial charge is 0.301 e. The molecular weight excluding hydrogens is 184 g/mol. The average Bonchev–Trinajstić information content (AvgIpc) is 2.57. The quantitative estimate of drug-likeness (QED) is 0.621. The molecule has 0 aromatic carbocycles. The lowest BCUT2D eigenvalue weighted by atomic mass is 10.4. The summed E-state index contributed by atoms with van der Waals surface area (Å²) in [7, 11) is 0. The van der Waals surface area contributed by atoms with Gasteiger partial charge in [-0.15, -0.1) is 0 Å². The number of ether oxygens (including phenoxy) is 1. The predicted octanol–water partition coefficient (Wildman–Crippen LogP) is -0.0712. The van der Waals surface area contributed by atoms with Gasteiger partial charge in [0.2, 0.25) is 0 Å². The Kier molecular flexibility index (Phi) is 9.07. The molecule has 1 unspecified atom stereocenters. The molecule has 1 aliphatic heterocycles. The van der Waals surface area contributed by atoms with Gasteiger partial charge < -0.3 is 9.84 Å². The molecule has 0 spiro atoms. The molecule has 12 heavy (non-hydrogen) atoms. The summed E-state index contributed by atoms with van der Waals surface area (Å²) in [6.45, 7) is 1.68. The van der Waals surface area contributed by atoms with Crippen molar-refractivity contribution < 1.29 is 22.8 Å². The van der Waals surface area contributed by atoms with Crippen molar-refractivity contribution in [3.8, 4) is 0 Å². The lowest BCUT2D eigenvalue weighted by Gasteiger charge is -1.89. The van der Waals surface area contributed by atoms with E-state index in [0.717, 1.165) is 13.2 Å². The van der Waals surface area contributed by atoms with Crippen LogP contribution in [0.5, 0.6) is 0 Å². The summed E-state index contributed by atoms with van der Waals surface area (Å²) in [4.78, 5) is 0. The SMILES string of the molecule is C1CCOC1.O=S(O)OCCO. The van der Waals surface area contributed by atoms with Crippen LogP contribution >= 0.6 is 0 Å². The minimum atomic E-state index is -2.23. The normalized spacial score (nSPS) is 18.2. The fourth-order valence-corrected chi connectivity index (χ4v) is 0.836. The molecular formula is C6H14O5S. The molecule has 0 aromatic heterocycles. The van der Waals surface area contributed by atoms with E-state index >= 15 is 0 Å². The Bertz CT molecular complexity index is 107. The number of hydrogen-bond acceptors (Lipinski definition) is 4. The summed E-state index contributed by atoms with van der Waals surface area (Å²) in [5, 5.41) is 7.94. The van der Waals surface area contributed by atoms with Gasteiger partial charge in [-0.05, 0) is 12.8 Å². The molecule has 0 radical (unpaired) electrons. The van der Waals surface area contributed by atoms with Gasteiger partial charge in [-0.1, -0.05) is 0 Å². The Balaban J connectivity index is 0.000000211. The minimum Gasteiger partial charge on any atom is -0.394 e. The Hall–Kier alpha value is -0.0100. The van der Waals surface area contributed by atoms with Crippen LogP contribution < -0.4 is 0 Å². The van der Waals surface area contributed by atoms with Crippen molar-refractivity contribution >= 4 is 11.4 Å². The largest absolute Gasteiger partial charge is 0.394 e. The molecule has 1 atom stereocenters. The summed E-state index contributed by atoms with van der Waals surface area (Å²) >= 11 is -2.23. The van der Waals surface area contributed by atoms with Gasteiger partial charge in [-0.3, -0.25) is 8.74 Å². The van der Waals surface area contributed by atoms with E-state index in [2.05, 4.69) is 4.18 Å². The van der Waals surface area contributed by atoms with Gasteiger partial charge in [0.15, 0.2) is 0 Å². The van der Waals surface area contributed by atoms with Crippen LogP contribution in [0.4, 0.5) is 0 Å². The van der Waals surface area contributed by atoms with Gasteiger partial charge in [-0.25, -0.2) is 0 Å². The van der Waals surface area contributed by atoms with Crippen molar-refractivity contribution in [2.75, 3.05) is 26.4 Å². The zero-order valence-electron chi connectivity index (χ0n) is 6.77. The molecule has 0 saturated carbocycles. The molecule has 1 heterocycles. The van der Waals surface area contributed by atoms with Crippen LogP contribution in [0.25, 0.3) is 0 Å². The summed E-state index contributed by atoms with van der Waals surface area (Å²) in [5.74, 6) is 0. The maximum absolute atomic E-state index is 9.54. The highest BCUT2D eigenvalue weighted by Crippen LogP contribution is 1.98. The first-order valence-electron chi connectivity index (χ1n) is 3.70. The van der Waals surface area contributed by atoms with Crippen LogP contribution in [-0.4, -0.2) is 40.3 Å². The fraction of sp³-hybridized carbons (Fsp3) is 1.00. The molecule has 0 amide bonds. The van der Waals surface area contributed by atoms with E-state index < -0.39 is 11.4 Å². The van der Waals surface area contributed by atoms with Gasteiger partial charge in [0.05, 0.1) is 13.2 Å². The monoisotopic (exact) mass is 198 g/mol. The maximum atomic E-state index is 9.54. The van der Waals surface area contributed by atoms with Gasteiger partial charge >= 0.3 is 11.4 Å². The third-order valence-electron chi connectivity index (χ3n) is 1.10. The molecule has 0 aromatic rings. The van der Waals surface area contributed by atoms with E-state index in [-0.39, 0.29) is 13.2 Å². The summed E-state index contributed by atoms with van der Waals surface area (Å²) < 4.78 is 26.3. The van der Waals surface area contributed by atoms with E-state index in [0.29, 0.717) is 0 Å². The number of hydrogen-bond donors (Lipinski definition) is 2. The third-order valence-corrected chi connectivity index (χ3v) is 1.47. The van der Waals surface area contributed by atoms with E-state index in [4.69, 9.17) is 14.4 Å². The van der Waals surface area contributed by atoms with Crippen LogP contribution in [0, 0.1) is 0 Å². The topological polar surface area (TPSA) is 76.0 Å². The minimum absolute atomic E-state index is 0.0941. The van der Waals surface area contributed by atoms with Crippen LogP contribution in [0.1, 0.15) is 12.8 Å². The van der Waals surface area contributed by atoms with Crippen LogP contribution in [0.15, 0.2) is 0 Å². The Morgan fingerprint density at radius 3 is 2.17 bits per heavy atom. The first-order valence-corrected chi connectivity index (χ1v) is 4.73. The maximum Gasteiger partial charge on any atom is 0.301 e. The first kappa shape index (κ1) is 12.0. The molecule has 5 nitrogen and oxygen atoms in total. The second-order valence-corrected chi connectivity index (χ2v) is 2.75. The van der Waals surface area contributed by atoms with E-state index in [1.165, 1.54) is 12.8 Å². The molecule has 0 bridgehead atoms. The van der Waals surface area contributed by atoms with Crippen molar-refractivity contribution in [2.24, 2.45) is 0 Å². The Labute approximate surface area is 74.2 Å². The van der Waals surface area contributed by atoms with Crippen molar-refractivity contribution in [1.29, 1.82) is 0 Å². The molecule has 1 saturated heterocycles. The lowest BCUT2D eigenvalue weighted by molar-refractivity contribution is 0.198. The lowest BCUT2D eigenvalue weighted by Crippen LogP contribution is -2.00. The third kappa shape index (κ3) is 9.99. The van der Waals surface area contributed by atoms with Gasteiger partial charge in [0.1, 0.15) is 0 Å². The van der Waals surface area contributed by atoms with Crippen molar-refractivity contribution in [2.45, 2.75) is 12.8 Å². The van der Waals surface area contributed by atoms with Gasteiger partial charge in [0, 0.05) is 13.2 Å². The van der Waals surface area contributed by atoms with Crippen molar-refractivity contribution in [3.63, 3.8) is 0 Å². The second-order valence-electron chi connectivity index (χ2n) is 2.08. The zero-order chi connectivity index (χ0) is 9.23. The summed E-state index contributed by atoms with van der Waals surface area (Å²) in [6.07, 6.45) is 2.56. The summed E-state index contributed by atoms with van der Waals surface area (Å²) in [6, 6.07) is 0. The van der Waals surface area contributed by atoms with Crippen LogP contribution in [-0.2, 0) is 20.3 Å². The zero-order valence-corrected chi connectivity index (χ0v) is 7.59. The van der Waals surface area contributed by atoms with Crippen molar-refractivity contribution in [1.82, 2.24) is 0 Å². The van der Waals surface area contributed by atoms with E-state index in [9.17, 15) is 4.21 Å². The number of aliphatic hydroxyl groups is 1. The van der Waals surface area contributed by atoms with E-state index in [1.54, 1.807) is 0 Å². The number of aliphatic hydroxyl groups excluding tert-OH is 1. The molecule has 1 rings (SSSR count). The first-order chi connectivity index (χ1) is 5.77. The highest BCUT2D eigenvalue weighted by Gasteiger charge is 1.94. The molecule has 74 valence electrons. The second kappa shape index (κ2) is 9.08. The predicted molar refractivity (Wildman–Crippen MR) is 43.9 cm³/mol. The van der Waals surface area contributed by atoms with Gasteiger partial charge in [0.25, 0.3) is 0 Å². The Morgan fingerprint density at radius 2 is 2.00 bits per heavy atom.